The standard InChI is InChI=1S/C19H19ClO3S/c1-3-6-17(21)24-19(2,18(22)23)14-11-9-13(10-12-14)15-7-4-5-8-16(15)20/h4-5,7-12H,3,6H2,1-2H3,(H,22,23). The van der Waals surface area contributed by atoms with E-state index in [1.165, 1.54) is 0 Å². The Labute approximate surface area is 151 Å². The summed E-state index contributed by atoms with van der Waals surface area (Å²) in [6.45, 7) is 3.47. The van der Waals surface area contributed by atoms with Crippen molar-refractivity contribution in [2.24, 2.45) is 0 Å². The van der Waals surface area contributed by atoms with Crippen molar-refractivity contribution < 1.29 is 14.7 Å². The number of carboxylic acids is 1. The number of carbonyl (C=O) groups excluding carboxylic acids is 1. The topological polar surface area (TPSA) is 54.4 Å². The molecule has 1 N–H and O–H groups in total. The first-order valence-corrected chi connectivity index (χ1v) is 8.88. The van der Waals surface area contributed by atoms with Crippen LogP contribution in [-0.2, 0) is 14.3 Å². The molecule has 2 aromatic carbocycles. The zero-order valence-corrected chi connectivity index (χ0v) is 15.2. The van der Waals surface area contributed by atoms with Crippen molar-refractivity contribution in [1.29, 1.82) is 0 Å². The van der Waals surface area contributed by atoms with Crippen LogP contribution in [0.5, 0.6) is 0 Å². The van der Waals surface area contributed by atoms with Crippen LogP contribution < -0.4 is 0 Å². The molecule has 126 valence electrons. The number of benzene rings is 2. The normalized spacial score (nSPS) is 13.3. The van der Waals surface area contributed by atoms with Crippen molar-refractivity contribution in [2.45, 2.75) is 31.4 Å². The van der Waals surface area contributed by atoms with Crippen molar-refractivity contribution in [2.75, 3.05) is 0 Å². The summed E-state index contributed by atoms with van der Waals surface area (Å²) in [7, 11) is 0. The Morgan fingerprint density at radius 3 is 2.29 bits per heavy atom. The molecule has 1 unspecified atom stereocenters. The molecule has 24 heavy (non-hydrogen) atoms. The lowest BCUT2D eigenvalue weighted by Crippen LogP contribution is -2.30. The van der Waals surface area contributed by atoms with Crippen LogP contribution in [0.25, 0.3) is 11.1 Å². The van der Waals surface area contributed by atoms with E-state index in [1.54, 1.807) is 19.1 Å². The number of hydrogen-bond donors (Lipinski definition) is 1. The summed E-state index contributed by atoms with van der Waals surface area (Å²) >= 11 is 7.07. The Balaban J connectivity index is 2.34. The number of hydrogen-bond acceptors (Lipinski definition) is 3. The fourth-order valence-electron chi connectivity index (χ4n) is 2.37. The highest BCUT2D eigenvalue weighted by Gasteiger charge is 2.38. The van der Waals surface area contributed by atoms with Gasteiger partial charge >= 0.3 is 5.97 Å². The molecule has 0 spiro atoms. The van der Waals surface area contributed by atoms with Gasteiger partial charge in [0.05, 0.1) is 0 Å². The Hall–Kier alpha value is -1.78. The minimum atomic E-state index is -1.30. The lowest BCUT2D eigenvalue weighted by atomic mass is 9.97. The number of aliphatic carboxylic acids is 1. The van der Waals surface area contributed by atoms with Crippen LogP contribution >= 0.6 is 23.4 Å². The van der Waals surface area contributed by atoms with Crippen molar-refractivity contribution in [3.05, 3.63) is 59.1 Å². The average Bonchev–Trinajstić information content (AvgIpc) is 2.55. The van der Waals surface area contributed by atoms with Crippen LogP contribution in [0.3, 0.4) is 0 Å². The molecule has 0 heterocycles. The molecule has 0 bridgehead atoms. The van der Waals surface area contributed by atoms with Crippen molar-refractivity contribution in [3.63, 3.8) is 0 Å². The summed E-state index contributed by atoms with van der Waals surface area (Å²) in [6.07, 6.45) is 1.07. The molecule has 0 aromatic heterocycles. The summed E-state index contributed by atoms with van der Waals surface area (Å²) in [5, 5.41) is 10.2. The molecular weight excluding hydrogens is 344 g/mol. The monoisotopic (exact) mass is 362 g/mol. The minimum absolute atomic E-state index is 0.113. The molecule has 5 heteroatoms. The van der Waals surface area contributed by atoms with Gasteiger partial charge in [0.15, 0.2) is 5.12 Å². The highest BCUT2D eigenvalue weighted by atomic mass is 35.5. The first-order valence-electron chi connectivity index (χ1n) is 7.69. The highest BCUT2D eigenvalue weighted by molar-refractivity contribution is 8.15. The molecule has 3 nitrogen and oxygen atoms in total. The van der Waals surface area contributed by atoms with Crippen molar-refractivity contribution in [1.82, 2.24) is 0 Å². The minimum Gasteiger partial charge on any atom is -0.480 e. The van der Waals surface area contributed by atoms with Gasteiger partial charge in [0, 0.05) is 17.0 Å². The number of rotatable bonds is 6. The third-order valence-electron chi connectivity index (χ3n) is 3.80. The summed E-state index contributed by atoms with van der Waals surface area (Å²) in [4.78, 5) is 23.7. The molecule has 2 aromatic rings. The third-order valence-corrected chi connectivity index (χ3v) is 5.38. The number of thioether (sulfide) groups is 1. The molecule has 2 rings (SSSR count). The molecule has 0 amide bonds. The average molecular weight is 363 g/mol. The molecule has 0 aliphatic carbocycles. The van der Waals surface area contributed by atoms with E-state index in [9.17, 15) is 14.7 Å². The first kappa shape index (κ1) is 18.6. The van der Waals surface area contributed by atoms with Crippen molar-refractivity contribution in [3.8, 4) is 11.1 Å². The second-order valence-corrected chi connectivity index (χ2v) is 7.50. The van der Waals surface area contributed by atoms with E-state index in [0.717, 1.165) is 22.9 Å². The maximum atomic E-state index is 12.0. The summed E-state index contributed by atoms with van der Waals surface area (Å²) in [5.74, 6) is -1.03. The van der Waals surface area contributed by atoms with Gasteiger partial charge in [-0.05, 0) is 30.5 Å². The third kappa shape index (κ3) is 4.00. The van der Waals surface area contributed by atoms with E-state index in [0.29, 0.717) is 23.4 Å². The van der Waals surface area contributed by atoms with E-state index in [1.807, 2.05) is 43.3 Å². The fraction of sp³-hybridized carbons (Fsp3) is 0.263. The maximum absolute atomic E-state index is 12.0. The van der Waals surface area contributed by atoms with Gasteiger partial charge < -0.3 is 5.11 Å². The van der Waals surface area contributed by atoms with Crippen LogP contribution in [0.4, 0.5) is 0 Å². The van der Waals surface area contributed by atoms with Gasteiger partial charge in [0.2, 0.25) is 0 Å². The van der Waals surface area contributed by atoms with Crippen LogP contribution in [0, 0.1) is 0 Å². The van der Waals surface area contributed by atoms with E-state index in [-0.39, 0.29) is 5.12 Å². The van der Waals surface area contributed by atoms with E-state index >= 15 is 0 Å². The van der Waals surface area contributed by atoms with Crippen LogP contribution in [-0.4, -0.2) is 16.2 Å². The second-order valence-electron chi connectivity index (χ2n) is 5.62. The SMILES string of the molecule is CCCC(=O)SC(C)(C(=O)O)c1ccc(-c2ccccc2Cl)cc1. The first-order chi connectivity index (χ1) is 11.4. The molecule has 1 atom stereocenters. The van der Waals surface area contributed by atoms with Crippen LogP contribution in [0.2, 0.25) is 5.02 Å². The number of halogens is 1. The Morgan fingerprint density at radius 1 is 1.12 bits per heavy atom. The quantitative estimate of drug-likeness (QED) is 0.750. The Morgan fingerprint density at radius 2 is 1.75 bits per heavy atom. The molecule has 0 radical (unpaired) electrons. The van der Waals surface area contributed by atoms with E-state index < -0.39 is 10.7 Å². The maximum Gasteiger partial charge on any atom is 0.324 e. The number of carboxylic acid groups (broad SMARTS) is 1. The van der Waals surface area contributed by atoms with Gasteiger partial charge in [-0.3, -0.25) is 9.59 Å². The molecule has 0 aliphatic heterocycles. The Kier molecular flexibility index (Phi) is 6.08. The molecular formula is C19H19ClO3S. The summed E-state index contributed by atoms with van der Waals surface area (Å²) in [5.41, 5.74) is 2.37. The lowest BCUT2D eigenvalue weighted by Gasteiger charge is -2.24. The van der Waals surface area contributed by atoms with Crippen molar-refractivity contribution >= 4 is 34.4 Å². The zero-order valence-electron chi connectivity index (χ0n) is 13.6. The number of carbonyl (C=O) groups is 2. The predicted octanol–water partition coefficient (Wildman–Crippen LogP) is 5.37. The van der Waals surface area contributed by atoms with Crippen LogP contribution in [0.15, 0.2) is 48.5 Å². The largest absolute Gasteiger partial charge is 0.480 e. The zero-order chi connectivity index (χ0) is 17.7. The lowest BCUT2D eigenvalue weighted by molar-refractivity contribution is -0.139. The molecule has 0 saturated carbocycles. The summed E-state index contributed by atoms with van der Waals surface area (Å²) in [6, 6.07) is 14.6. The van der Waals surface area contributed by atoms with Gasteiger partial charge in [0.1, 0.15) is 4.75 Å². The van der Waals surface area contributed by atoms with Gasteiger partial charge in [0.25, 0.3) is 0 Å². The van der Waals surface area contributed by atoms with E-state index in [4.69, 9.17) is 11.6 Å². The van der Waals surface area contributed by atoms with Gasteiger partial charge in [-0.25, -0.2) is 0 Å². The van der Waals surface area contributed by atoms with Gasteiger partial charge in [-0.15, -0.1) is 0 Å². The summed E-state index contributed by atoms with van der Waals surface area (Å²) < 4.78 is -1.30. The molecule has 0 fully saturated rings. The molecule has 0 aliphatic rings. The van der Waals surface area contributed by atoms with E-state index in [2.05, 4.69) is 0 Å². The van der Waals surface area contributed by atoms with Gasteiger partial charge in [-0.1, -0.05) is 72.8 Å². The predicted molar refractivity (Wildman–Crippen MR) is 99.4 cm³/mol. The van der Waals surface area contributed by atoms with Gasteiger partial charge in [-0.2, -0.15) is 0 Å². The molecule has 0 saturated heterocycles. The Bertz CT molecular complexity index is 743. The smallest absolute Gasteiger partial charge is 0.324 e. The highest BCUT2D eigenvalue weighted by Crippen LogP contribution is 2.39. The second kappa shape index (κ2) is 7.86. The fourth-order valence-corrected chi connectivity index (χ4v) is 3.72. The van der Waals surface area contributed by atoms with Crippen LogP contribution in [0.1, 0.15) is 32.3 Å².